The maximum atomic E-state index is 13.0. The molecule has 2 N–H and O–H groups in total. The number of alkyl halides is 6. The zero-order valence-electron chi connectivity index (χ0n) is 14.0. The number of carbonyl (C=O) groups is 1. The van der Waals surface area contributed by atoms with E-state index in [1.54, 1.807) is 0 Å². The lowest BCUT2D eigenvalue weighted by molar-refractivity contribution is -0.138. The molecule has 3 nitrogen and oxygen atoms in total. The van der Waals surface area contributed by atoms with Crippen molar-refractivity contribution in [1.82, 2.24) is 0 Å². The predicted molar refractivity (Wildman–Crippen MR) is 94.4 cm³/mol. The van der Waals surface area contributed by atoms with Gasteiger partial charge in [-0.15, -0.1) is 6.58 Å². The zero-order chi connectivity index (χ0) is 21.1. The lowest BCUT2D eigenvalue weighted by Crippen LogP contribution is -2.20. The Morgan fingerprint density at radius 1 is 0.964 bits per heavy atom. The molecule has 28 heavy (non-hydrogen) atoms. The summed E-state index contributed by atoms with van der Waals surface area (Å²) in [6.07, 6.45) is -7.84. The van der Waals surface area contributed by atoms with Crippen LogP contribution in [0.2, 0.25) is 5.02 Å². The maximum absolute atomic E-state index is 13.0. The number of amides is 2. The van der Waals surface area contributed by atoms with Crippen LogP contribution in [-0.4, -0.2) is 6.03 Å². The van der Waals surface area contributed by atoms with Gasteiger partial charge in [-0.1, -0.05) is 17.7 Å². The van der Waals surface area contributed by atoms with E-state index in [0.717, 1.165) is 24.3 Å². The van der Waals surface area contributed by atoms with E-state index >= 15 is 0 Å². The molecule has 0 radical (unpaired) electrons. The van der Waals surface area contributed by atoms with Crippen LogP contribution < -0.4 is 10.6 Å². The lowest BCUT2D eigenvalue weighted by atomic mass is 10.1. The van der Waals surface area contributed by atoms with Crippen LogP contribution in [-0.2, 0) is 18.8 Å². The minimum Gasteiger partial charge on any atom is -0.308 e. The van der Waals surface area contributed by atoms with Crippen LogP contribution in [0.5, 0.6) is 0 Å². The summed E-state index contributed by atoms with van der Waals surface area (Å²) in [5.74, 6) is 0. The van der Waals surface area contributed by atoms with Crippen molar-refractivity contribution in [2.45, 2.75) is 18.8 Å². The number of allylic oxidation sites excluding steroid dienone is 1. The van der Waals surface area contributed by atoms with Crippen molar-refractivity contribution in [3.63, 3.8) is 0 Å². The number of urea groups is 1. The highest BCUT2D eigenvalue weighted by Gasteiger charge is 2.33. The molecule has 0 aliphatic rings. The second-order valence-corrected chi connectivity index (χ2v) is 6.09. The average molecular weight is 423 g/mol. The first-order valence-electron chi connectivity index (χ1n) is 7.67. The van der Waals surface area contributed by atoms with Crippen LogP contribution >= 0.6 is 11.6 Å². The molecular weight excluding hydrogens is 410 g/mol. The van der Waals surface area contributed by atoms with Gasteiger partial charge >= 0.3 is 18.4 Å². The van der Waals surface area contributed by atoms with Gasteiger partial charge in [0.2, 0.25) is 0 Å². The molecular formula is C18H13ClF6N2O. The SMILES string of the molecule is C=CCc1cc(NC(=O)Nc2ccc(Cl)c(C(F)(F)F)c2)cc(C(F)(F)F)c1. The molecule has 0 heterocycles. The molecule has 2 aromatic rings. The van der Waals surface area contributed by atoms with E-state index in [1.165, 1.54) is 12.1 Å². The van der Waals surface area contributed by atoms with E-state index in [2.05, 4.69) is 17.2 Å². The fraction of sp³-hybridized carbons (Fsp3) is 0.167. The Balaban J connectivity index is 2.23. The molecule has 0 fully saturated rings. The minimum absolute atomic E-state index is 0.131. The largest absolute Gasteiger partial charge is 0.417 e. The quantitative estimate of drug-likeness (QED) is 0.415. The number of hydrogen-bond acceptors (Lipinski definition) is 1. The summed E-state index contributed by atoms with van der Waals surface area (Å²) in [7, 11) is 0. The van der Waals surface area contributed by atoms with Gasteiger partial charge in [0.25, 0.3) is 0 Å². The summed E-state index contributed by atoms with van der Waals surface area (Å²) in [6.45, 7) is 3.45. The monoisotopic (exact) mass is 422 g/mol. The smallest absolute Gasteiger partial charge is 0.308 e. The van der Waals surface area contributed by atoms with Gasteiger partial charge < -0.3 is 10.6 Å². The fourth-order valence-corrected chi connectivity index (χ4v) is 2.55. The first-order chi connectivity index (χ1) is 12.9. The third-order valence-electron chi connectivity index (χ3n) is 3.49. The molecule has 0 saturated heterocycles. The van der Waals surface area contributed by atoms with E-state index in [4.69, 9.17) is 11.6 Å². The van der Waals surface area contributed by atoms with E-state index in [-0.39, 0.29) is 23.4 Å². The summed E-state index contributed by atoms with van der Waals surface area (Å²) >= 11 is 5.49. The maximum Gasteiger partial charge on any atom is 0.417 e. The second kappa shape index (κ2) is 8.14. The van der Waals surface area contributed by atoms with Gasteiger partial charge in [-0.2, -0.15) is 26.3 Å². The van der Waals surface area contributed by atoms with Gasteiger partial charge in [0, 0.05) is 11.4 Å². The number of nitrogens with one attached hydrogen (secondary N) is 2. The Morgan fingerprint density at radius 3 is 2.18 bits per heavy atom. The van der Waals surface area contributed by atoms with E-state index in [9.17, 15) is 31.1 Å². The highest BCUT2D eigenvalue weighted by molar-refractivity contribution is 6.31. The highest BCUT2D eigenvalue weighted by Crippen LogP contribution is 2.36. The molecule has 2 amide bonds. The van der Waals surface area contributed by atoms with Gasteiger partial charge in [-0.25, -0.2) is 4.79 Å². The lowest BCUT2D eigenvalue weighted by Gasteiger charge is -2.14. The predicted octanol–water partition coefficient (Wildman–Crippen LogP) is 6.75. The molecule has 0 saturated carbocycles. The molecule has 0 aliphatic heterocycles. The van der Waals surface area contributed by atoms with E-state index in [1.807, 2.05) is 0 Å². The Morgan fingerprint density at radius 2 is 1.61 bits per heavy atom. The van der Waals surface area contributed by atoms with Crippen LogP contribution in [0.3, 0.4) is 0 Å². The van der Waals surface area contributed by atoms with Crippen molar-refractivity contribution in [3.05, 3.63) is 70.8 Å². The molecule has 2 aromatic carbocycles. The topological polar surface area (TPSA) is 41.1 Å². The van der Waals surface area contributed by atoms with Crippen molar-refractivity contribution in [1.29, 1.82) is 0 Å². The van der Waals surface area contributed by atoms with Gasteiger partial charge in [0.05, 0.1) is 16.1 Å². The van der Waals surface area contributed by atoms with Crippen LogP contribution in [0.4, 0.5) is 42.5 Å². The van der Waals surface area contributed by atoms with Gasteiger partial charge in [0.1, 0.15) is 0 Å². The molecule has 0 atom stereocenters. The summed E-state index contributed by atoms with van der Waals surface area (Å²) in [4.78, 5) is 12.0. The fourth-order valence-electron chi connectivity index (χ4n) is 2.33. The van der Waals surface area contributed by atoms with Crippen molar-refractivity contribution in [2.75, 3.05) is 10.6 Å². The molecule has 0 aromatic heterocycles. The summed E-state index contributed by atoms with van der Waals surface area (Å²) in [6, 6.07) is 4.63. The number of benzene rings is 2. The third-order valence-corrected chi connectivity index (χ3v) is 3.82. The minimum atomic E-state index is -4.73. The molecule has 0 unspecified atom stereocenters. The molecule has 2 rings (SSSR count). The van der Waals surface area contributed by atoms with Gasteiger partial charge in [-0.05, 0) is 48.4 Å². The van der Waals surface area contributed by atoms with Crippen molar-refractivity contribution >= 4 is 29.0 Å². The third kappa shape index (κ3) is 5.66. The normalized spacial score (nSPS) is 11.8. The Bertz CT molecular complexity index is 893. The zero-order valence-corrected chi connectivity index (χ0v) is 14.8. The van der Waals surface area contributed by atoms with Gasteiger partial charge in [-0.3, -0.25) is 0 Å². The van der Waals surface area contributed by atoms with Crippen LogP contribution in [0, 0.1) is 0 Å². The number of anilines is 2. The summed E-state index contributed by atoms with van der Waals surface area (Å²) in [5, 5.41) is 3.76. The standard InChI is InChI=1S/C18H13ClF6N2O/c1-2-3-10-6-11(17(20,21)22)8-13(7-10)27-16(28)26-12-4-5-15(19)14(9-12)18(23,24)25/h2,4-9H,1,3H2,(H2,26,27,28). The molecule has 10 heteroatoms. The second-order valence-electron chi connectivity index (χ2n) is 5.68. The van der Waals surface area contributed by atoms with E-state index in [0.29, 0.717) is 6.07 Å². The Labute approximate surface area is 161 Å². The van der Waals surface area contributed by atoms with Crippen molar-refractivity contribution < 1.29 is 31.1 Å². The number of halogens is 7. The summed E-state index contributed by atoms with van der Waals surface area (Å²) < 4.78 is 77.6. The first kappa shape index (κ1) is 21.6. The van der Waals surface area contributed by atoms with Crippen molar-refractivity contribution in [3.8, 4) is 0 Å². The van der Waals surface area contributed by atoms with E-state index < -0.39 is 34.5 Å². The highest BCUT2D eigenvalue weighted by atomic mass is 35.5. The molecule has 0 aliphatic carbocycles. The van der Waals surface area contributed by atoms with Crippen molar-refractivity contribution in [2.24, 2.45) is 0 Å². The number of rotatable bonds is 4. The van der Waals surface area contributed by atoms with Crippen LogP contribution in [0.15, 0.2) is 49.1 Å². The van der Waals surface area contributed by atoms with Crippen LogP contribution in [0.1, 0.15) is 16.7 Å². The Hall–Kier alpha value is -2.68. The average Bonchev–Trinajstić information content (AvgIpc) is 2.55. The van der Waals surface area contributed by atoms with Gasteiger partial charge in [0.15, 0.2) is 0 Å². The van der Waals surface area contributed by atoms with Crippen LogP contribution in [0.25, 0.3) is 0 Å². The summed E-state index contributed by atoms with van der Waals surface area (Å²) in [5.41, 5.74) is -2.28. The Kier molecular flexibility index (Phi) is 6.28. The molecule has 0 bridgehead atoms. The first-order valence-corrected chi connectivity index (χ1v) is 8.05. The number of carbonyl (C=O) groups excluding carboxylic acids is 1. The molecule has 0 spiro atoms. The number of hydrogen-bond donors (Lipinski definition) is 2. The molecule has 150 valence electrons.